The molecule has 1 atom stereocenters. The number of rotatable bonds is 6. The number of benzene rings is 1. The smallest absolute Gasteiger partial charge is 0.242 e. The van der Waals surface area contributed by atoms with Gasteiger partial charge >= 0.3 is 0 Å². The van der Waals surface area contributed by atoms with Gasteiger partial charge in [-0.25, -0.2) is 0 Å². The van der Waals surface area contributed by atoms with Crippen LogP contribution < -0.4 is 10.6 Å². The van der Waals surface area contributed by atoms with Gasteiger partial charge in [-0.15, -0.1) is 0 Å². The number of hydrogen-bond donors (Lipinski definition) is 2. The highest BCUT2D eigenvalue weighted by molar-refractivity contribution is 14.1. The lowest BCUT2D eigenvalue weighted by Gasteiger charge is -2.16. The van der Waals surface area contributed by atoms with E-state index in [0.717, 1.165) is 9.26 Å². The molecule has 0 heterocycles. The Labute approximate surface area is 126 Å². The molecule has 0 aromatic heterocycles. The van der Waals surface area contributed by atoms with Gasteiger partial charge in [0, 0.05) is 27.9 Å². The Morgan fingerprint density at radius 3 is 2.89 bits per heavy atom. The fourth-order valence-electron chi connectivity index (χ4n) is 1.33. The number of nitrogens with one attached hydrogen (secondary N) is 2. The van der Waals surface area contributed by atoms with Crippen molar-refractivity contribution in [1.29, 1.82) is 0 Å². The zero-order valence-corrected chi connectivity index (χ0v) is 13.2. The van der Waals surface area contributed by atoms with Gasteiger partial charge in [0.1, 0.15) is 6.04 Å². The van der Waals surface area contributed by atoms with Crippen LogP contribution in [0.2, 0.25) is 5.02 Å². The van der Waals surface area contributed by atoms with Crippen LogP contribution in [-0.4, -0.2) is 32.2 Å². The van der Waals surface area contributed by atoms with Gasteiger partial charge in [0.2, 0.25) is 5.91 Å². The van der Waals surface area contributed by atoms with E-state index in [1.54, 1.807) is 13.2 Å². The summed E-state index contributed by atoms with van der Waals surface area (Å²) in [6.07, 6.45) is 0. The molecule has 0 aliphatic rings. The lowest BCUT2D eigenvalue weighted by molar-refractivity contribution is -0.121. The van der Waals surface area contributed by atoms with Crippen molar-refractivity contribution in [2.45, 2.75) is 13.0 Å². The van der Waals surface area contributed by atoms with E-state index >= 15 is 0 Å². The Bertz CT molecular complexity index is 415. The van der Waals surface area contributed by atoms with Gasteiger partial charge in [-0.3, -0.25) is 4.79 Å². The Morgan fingerprint density at radius 1 is 1.56 bits per heavy atom. The first-order valence-corrected chi connectivity index (χ1v) is 6.98. The van der Waals surface area contributed by atoms with Crippen molar-refractivity contribution in [1.82, 2.24) is 5.32 Å². The quantitative estimate of drug-likeness (QED) is 0.587. The second kappa shape index (κ2) is 7.81. The van der Waals surface area contributed by atoms with Crippen LogP contribution in [0, 0.1) is 3.57 Å². The largest absolute Gasteiger partial charge is 0.383 e. The third kappa shape index (κ3) is 4.99. The molecule has 1 unspecified atom stereocenters. The van der Waals surface area contributed by atoms with Crippen LogP contribution in [0.4, 0.5) is 5.69 Å². The number of ether oxygens (including phenoxy) is 1. The third-order valence-corrected chi connectivity index (χ3v) is 3.43. The first-order chi connectivity index (χ1) is 8.54. The van der Waals surface area contributed by atoms with Crippen LogP contribution in [-0.2, 0) is 9.53 Å². The lowest BCUT2D eigenvalue weighted by Crippen LogP contribution is -2.39. The number of carbonyl (C=O) groups excluding carboxylic acids is 1. The zero-order valence-electron chi connectivity index (χ0n) is 10.3. The van der Waals surface area contributed by atoms with Gasteiger partial charge in [0.05, 0.1) is 6.61 Å². The molecule has 0 aliphatic carbocycles. The summed E-state index contributed by atoms with van der Waals surface area (Å²) in [5.74, 6) is -0.0576. The summed E-state index contributed by atoms with van der Waals surface area (Å²) in [5.41, 5.74) is 0.898. The minimum Gasteiger partial charge on any atom is -0.383 e. The van der Waals surface area contributed by atoms with Crippen LogP contribution in [0.25, 0.3) is 0 Å². The maximum absolute atomic E-state index is 11.7. The van der Waals surface area contributed by atoms with Gasteiger partial charge in [-0.2, -0.15) is 0 Å². The highest BCUT2D eigenvalue weighted by atomic mass is 127. The van der Waals surface area contributed by atoms with Crippen LogP contribution in [0.3, 0.4) is 0 Å². The summed E-state index contributed by atoms with van der Waals surface area (Å²) >= 11 is 8.05. The summed E-state index contributed by atoms with van der Waals surface area (Å²) in [5, 5.41) is 6.61. The molecule has 0 radical (unpaired) electrons. The number of amides is 1. The van der Waals surface area contributed by atoms with Gasteiger partial charge in [-0.05, 0) is 47.7 Å². The average Bonchev–Trinajstić information content (AvgIpc) is 2.32. The summed E-state index contributed by atoms with van der Waals surface area (Å²) in [4.78, 5) is 11.7. The van der Waals surface area contributed by atoms with E-state index in [1.807, 2.05) is 19.1 Å². The predicted molar refractivity (Wildman–Crippen MR) is 82.1 cm³/mol. The summed E-state index contributed by atoms with van der Waals surface area (Å²) in [7, 11) is 1.60. The van der Waals surface area contributed by atoms with E-state index in [0.29, 0.717) is 18.2 Å². The molecule has 100 valence electrons. The molecule has 2 N–H and O–H groups in total. The molecule has 0 saturated heterocycles. The maximum atomic E-state index is 11.7. The van der Waals surface area contributed by atoms with Gasteiger partial charge in [0.15, 0.2) is 0 Å². The molecule has 0 fully saturated rings. The molecule has 0 aliphatic heterocycles. The van der Waals surface area contributed by atoms with E-state index in [2.05, 4.69) is 33.2 Å². The van der Waals surface area contributed by atoms with E-state index in [4.69, 9.17) is 16.3 Å². The molecule has 1 rings (SSSR count). The lowest BCUT2D eigenvalue weighted by atomic mass is 10.2. The van der Waals surface area contributed by atoms with Crippen molar-refractivity contribution in [2.24, 2.45) is 0 Å². The first kappa shape index (κ1) is 15.5. The van der Waals surface area contributed by atoms with Crippen molar-refractivity contribution < 1.29 is 9.53 Å². The van der Waals surface area contributed by atoms with E-state index in [9.17, 15) is 4.79 Å². The highest BCUT2D eigenvalue weighted by Gasteiger charge is 2.13. The molecule has 1 amide bonds. The normalized spacial score (nSPS) is 12.0. The Balaban J connectivity index is 2.53. The fourth-order valence-corrected chi connectivity index (χ4v) is 2.36. The number of methoxy groups -OCH3 is 1. The molecule has 1 aromatic carbocycles. The first-order valence-electron chi connectivity index (χ1n) is 5.53. The number of hydrogen-bond acceptors (Lipinski definition) is 3. The Hall–Kier alpha value is -0.530. The van der Waals surface area contributed by atoms with Crippen molar-refractivity contribution >= 4 is 45.8 Å². The number of halogens is 2. The molecular formula is C12H16ClIN2O2. The van der Waals surface area contributed by atoms with Crippen molar-refractivity contribution in [3.63, 3.8) is 0 Å². The van der Waals surface area contributed by atoms with Gasteiger partial charge in [0.25, 0.3) is 0 Å². The molecule has 6 heteroatoms. The fraction of sp³-hybridized carbons (Fsp3) is 0.417. The SMILES string of the molecule is COCCNC(=O)C(C)Nc1ccc(Cl)cc1I. The second-order valence-corrected chi connectivity index (χ2v) is 5.37. The van der Waals surface area contributed by atoms with Gasteiger partial charge in [-0.1, -0.05) is 11.6 Å². The molecular weight excluding hydrogens is 367 g/mol. The average molecular weight is 383 g/mol. The molecule has 0 spiro atoms. The standard InChI is InChI=1S/C12H16ClIN2O2/c1-8(12(17)15-5-6-18-2)16-11-4-3-9(13)7-10(11)14/h3-4,7-8,16H,5-6H2,1-2H3,(H,15,17). The van der Waals surface area contributed by atoms with Crippen molar-refractivity contribution in [2.75, 3.05) is 25.6 Å². The highest BCUT2D eigenvalue weighted by Crippen LogP contribution is 2.22. The van der Waals surface area contributed by atoms with E-state index < -0.39 is 0 Å². The Morgan fingerprint density at radius 2 is 2.28 bits per heavy atom. The van der Waals surface area contributed by atoms with Crippen LogP contribution in [0.1, 0.15) is 6.92 Å². The van der Waals surface area contributed by atoms with Gasteiger partial charge < -0.3 is 15.4 Å². The predicted octanol–water partition coefficient (Wildman–Crippen LogP) is 2.51. The Kier molecular flexibility index (Phi) is 6.73. The van der Waals surface area contributed by atoms with Crippen LogP contribution >= 0.6 is 34.2 Å². The van der Waals surface area contributed by atoms with Crippen molar-refractivity contribution in [3.05, 3.63) is 26.8 Å². The zero-order chi connectivity index (χ0) is 13.5. The topological polar surface area (TPSA) is 50.4 Å². The minimum atomic E-state index is -0.309. The monoisotopic (exact) mass is 382 g/mol. The summed E-state index contributed by atoms with van der Waals surface area (Å²) in [6, 6.07) is 5.20. The van der Waals surface area contributed by atoms with Crippen LogP contribution in [0.5, 0.6) is 0 Å². The van der Waals surface area contributed by atoms with Crippen molar-refractivity contribution in [3.8, 4) is 0 Å². The van der Waals surface area contributed by atoms with E-state index in [1.165, 1.54) is 0 Å². The molecule has 4 nitrogen and oxygen atoms in total. The molecule has 18 heavy (non-hydrogen) atoms. The van der Waals surface area contributed by atoms with Crippen LogP contribution in [0.15, 0.2) is 18.2 Å². The number of carbonyl (C=O) groups is 1. The number of anilines is 1. The molecule has 0 bridgehead atoms. The summed E-state index contributed by atoms with van der Waals surface area (Å²) < 4.78 is 5.85. The maximum Gasteiger partial charge on any atom is 0.242 e. The second-order valence-electron chi connectivity index (χ2n) is 3.77. The third-order valence-electron chi connectivity index (χ3n) is 2.30. The van der Waals surface area contributed by atoms with E-state index in [-0.39, 0.29) is 11.9 Å². The molecule has 1 aromatic rings. The summed E-state index contributed by atoms with van der Waals surface area (Å²) in [6.45, 7) is 2.84. The minimum absolute atomic E-state index is 0.0576. The molecule has 0 saturated carbocycles.